The molecule has 0 saturated carbocycles. The van der Waals surface area contributed by atoms with Gasteiger partial charge >= 0.3 is 5.97 Å². The Morgan fingerprint density at radius 3 is 2.52 bits per heavy atom. The average molecular weight is 435 g/mol. The molecule has 3 rings (SSSR count). The number of hydrogen-bond acceptors (Lipinski definition) is 6. The molecule has 6 nitrogen and oxygen atoms in total. The van der Waals surface area contributed by atoms with E-state index >= 15 is 0 Å². The fourth-order valence-corrected chi connectivity index (χ4v) is 3.94. The summed E-state index contributed by atoms with van der Waals surface area (Å²) in [5.41, 5.74) is 1.66. The number of carbonyl (C=O) groups is 2. The number of halogens is 1. The zero-order chi connectivity index (χ0) is 20.8. The first-order chi connectivity index (χ1) is 14.0. The number of nitrogens with one attached hydrogen (secondary N) is 1. The fraction of sp³-hybridized carbons (Fsp3) is 0.333. The maximum Gasteiger partial charge on any atom is 0.340 e. The van der Waals surface area contributed by atoms with Crippen molar-refractivity contribution in [3.63, 3.8) is 0 Å². The van der Waals surface area contributed by atoms with Gasteiger partial charge in [0.15, 0.2) is 0 Å². The number of hydrogen-bond donors (Lipinski definition) is 1. The second-order valence-corrected chi connectivity index (χ2v) is 8.37. The van der Waals surface area contributed by atoms with Crippen molar-refractivity contribution in [3.8, 4) is 0 Å². The number of amides is 1. The van der Waals surface area contributed by atoms with Gasteiger partial charge in [-0.25, -0.2) is 4.79 Å². The summed E-state index contributed by atoms with van der Waals surface area (Å²) in [4.78, 5) is 28.1. The lowest BCUT2D eigenvalue weighted by Gasteiger charge is -2.29. The van der Waals surface area contributed by atoms with Crippen LogP contribution in [-0.2, 0) is 14.3 Å². The lowest BCUT2D eigenvalue weighted by molar-refractivity contribution is -0.115. The molecule has 1 saturated heterocycles. The number of ether oxygens (including phenoxy) is 2. The van der Waals surface area contributed by atoms with E-state index in [4.69, 9.17) is 21.1 Å². The predicted octanol–water partition coefficient (Wildman–Crippen LogP) is 4.08. The van der Waals surface area contributed by atoms with Gasteiger partial charge in [0.2, 0.25) is 5.91 Å². The van der Waals surface area contributed by atoms with E-state index in [0.29, 0.717) is 29.5 Å². The molecule has 0 radical (unpaired) electrons. The molecule has 1 aliphatic heterocycles. The van der Waals surface area contributed by atoms with Crippen molar-refractivity contribution >= 4 is 46.6 Å². The van der Waals surface area contributed by atoms with Crippen molar-refractivity contribution in [2.75, 3.05) is 43.6 Å². The minimum atomic E-state index is -0.492. The zero-order valence-electron chi connectivity index (χ0n) is 16.3. The van der Waals surface area contributed by atoms with Crippen LogP contribution in [0.1, 0.15) is 17.3 Å². The Morgan fingerprint density at radius 2 is 1.86 bits per heavy atom. The molecule has 1 atom stereocenters. The van der Waals surface area contributed by atoms with Gasteiger partial charge in [-0.3, -0.25) is 4.79 Å². The minimum Gasteiger partial charge on any atom is -0.465 e. The van der Waals surface area contributed by atoms with Crippen LogP contribution >= 0.6 is 23.4 Å². The topological polar surface area (TPSA) is 67.9 Å². The maximum absolute atomic E-state index is 12.7. The summed E-state index contributed by atoms with van der Waals surface area (Å²) in [6.45, 7) is 4.60. The number of benzene rings is 2. The van der Waals surface area contributed by atoms with E-state index in [1.54, 1.807) is 24.3 Å². The van der Waals surface area contributed by atoms with Crippen LogP contribution in [0.4, 0.5) is 11.4 Å². The zero-order valence-corrected chi connectivity index (χ0v) is 17.9. The minimum absolute atomic E-state index is 0.200. The molecule has 1 fully saturated rings. The first-order valence-electron chi connectivity index (χ1n) is 9.26. The highest BCUT2D eigenvalue weighted by atomic mass is 35.5. The highest BCUT2D eigenvalue weighted by Crippen LogP contribution is 2.28. The lowest BCUT2D eigenvalue weighted by Crippen LogP contribution is -2.36. The molecule has 0 bridgehead atoms. The lowest BCUT2D eigenvalue weighted by atomic mass is 10.1. The third kappa shape index (κ3) is 5.65. The van der Waals surface area contributed by atoms with Crippen LogP contribution < -0.4 is 10.2 Å². The van der Waals surface area contributed by atoms with Gasteiger partial charge in [0.05, 0.1) is 36.8 Å². The molecule has 8 heteroatoms. The van der Waals surface area contributed by atoms with Crippen LogP contribution in [0.3, 0.4) is 0 Å². The Balaban J connectivity index is 1.74. The number of morpholine rings is 1. The second kappa shape index (κ2) is 10.0. The van der Waals surface area contributed by atoms with Crippen LogP contribution in [0, 0.1) is 0 Å². The summed E-state index contributed by atoms with van der Waals surface area (Å²) in [6.07, 6.45) is 0. The van der Waals surface area contributed by atoms with Crippen LogP contribution in [0.25, 0.3) is 0 Å². The molecule has 0 aromatic heterocycles. The smallest absolute Gasteiger partial charge is 0.340 e. The molecular formula is C21H23ClN2O4S. The molecule has 2 aromatic carbocycles. The number of nitrogens with zero attached hydrogens (tertiary/aromatic N) is 1. The fourth-order valence-electron chi connectivity index (χ4n) is 2.94. The first kappa shape index (κ1) is 21.5. The molecule has 1 N–H and O–H groups in total. The summed E-state index contributed by atoms with van der Waals surface area (Å²) in [6, 6.07) is 12.7. The summed E-state index contributed by atoms with van der Waals surface area (Å²) in [7, 11) is 1.33. The molecule has 154 valence electrons. The van der Waals surface area contributed by atoms with E-state index in [1.165, 1.54) is 18.9 Å². The number of esters is 1. The third-order valence-corrected chi connectivity index (χ3v) is 5.90. The molecule has 2 aromatic rings. The van der Waals surface area contributed by atoms with E-state index in [0.717, 1.165) is 23.7 Å². The molecule has 1 aliphatic rings. The summed E-state index contributed by atoms with van der Waals surface area (Å²) in [5.74, 6) is -0.692. The van der Waals surface area contributed by atoms with Gasteiger partial charge in [-0.1, -0.05) is 11.6 Å². The second-order valence-electron chi connectivity index (χ2n) is 6.52. The van der Waals surface area contributed by atoms with Crippen molar-refractivity contribution in [2.24, 2.45) is 0 Å². The Morgan fingerprint density at radius 1 is 1.17 bits per heavy atom. The molecular weight excluding hydrogens is 412 g/mol. The van der Waals surface area contributed by atoms with Crippen molar-refractivity contribution in [1.82, 2.24) is 0 Å². The molecule has 1 amide bonds. The van der Waals surface area contributed by atoms with Crippen LogP contribution in [0.2, 0.25) is 5.02 Å². The maximum atomic E-state index is 12.7. The predicted molar refractivity (Wildman–Crippen MR) is 116 cm³/mol. The van der Waals surface area contributed by atoms with Gasteiger partial charge in [-0.05, 0) is 49.4 Å². The summed E-state index contributed by atoms with van der Waals surface area (Å²) in [5, 5.41) is 3.14. The van der Waals surface area contributed by atoms with Gasteiger partial charge in [0, 0.05) is 28.7 Å². The quantitative estimate of drug-likeness (QED) is 0.545. The molecule has 1 unspecified atom stereocenters. The average Bonchev–Trinajstić information content (AvgIpc) is 2.75. The normalized spacial score (nSPS) is 14.9. The van der Waals surface area contributed by atoms with E-state index in [9.17, 15) is 9.59 Å². The number of anilines is 2. The standard InChI is InChI=1S/C21H23ClN2O4S/c1-14(29-17-6-3-15(22)4-7-17)20(25)23-19-8-5-16(13-18(19)21(26)27-2)24-9-11-28-12-10-24/h3-8,13-14H,9-12H2,1-2H3,(H,23,25). The molecule has 0 spiro atoms. The number of rotatable bonds is 6. The highest BCUT2D eigenvalue weighted by molar-refractivity contribution is 8.00. The van der Waals surface area contributed by atoms with Gasteiger partial charge in [0.1, 0.15) is 0 Å². The van der Waals surface area contributed by atoms with Gasteiger partial charge in [-0.15, -0.1) is 11.8 Å². The number of thioether (sulfide) groups is 1. The van der Waals surface area contributed by atoms with Crippen molar-refractivity contribution in [1.29, 1.82) is 0 Å². The Bertz CT molecular complexity index is 869. The molecule has 29 heavy (non-hydrogen) atoms. The van der Waals surface area contributed by atoms with Gasteiger partial charge in [0.25, 0.3) is 0 Å². The molecule has 1 heterocycles. The van der Waals surface area contributed by atoms with Crippen molar-refractivity contribution < 1.29 is 19.1 Å². The SMILES string of the molecule is COC(=O)c1cc(N2CCOCC2)ccc1NC(=O)C(C)Sc1ccc(Cl)cc1. The van der Waals surface area contributed by atoms with E-state index < -0.39 is 5.97 Å². The van der Waals surface area contributed by atoms with Crippen molar-refractivity contribution in [2.45, 2.75) is 17.1 Å². The van der Waals surface area contributed by atoms with Gasteiger partial charge in [-0.2, -0.15) is 0 Å². The van der Waals surface area contributed by atoms with Crippen LogP contribution in [-0.4, -0.2) is 50.5 Å². The monoisotopic (exact) mass is 434 g/mol. The third-order valence-electron chi connectivity index (χ3n) is 4.54. The number of carbonyl (C=O) groups excluding carboxylic acids is 2. The van der Waals surface area contributed by atoms with E-state index in [1.807, 2.05) is 25.1 Å². The molecule has 0 aliphatic carbocycles. The van der Waals surface area contributed by atoms with Crippen molar-refractivity contribution in [3.05, 3.63) is 53.1 Å². The van der Waals surface area contributed by atoms with Crippen LogP contribution in [0.5, 0.6) is 0 Å². The Hall–Kier alpha value is -2.22. The van der Waals surface area contributed by atoms with E-state index in [2.05, 4.69) is 10.2 Å². The number of methoxy groups -OCH3 is 1. The Labute approximate surface area is 179 Å². The largest absolute Gasteiger partial charge is 0.465 e. The Kier molecular flexibility index (Phi) is 7.41. The van der Waals surface area contributed by atoms with Crippen LogP contribution in [0.15, 0.2) is 47.4 Å². The first-order valence-corrected chi connectivity index (χ1v) is 10.5. The summed E-state index contributed by atoms with van der Waals surface area (Å²) < 4.78 is 10.3. The highest BCUT2D eigenvalue weighted by Gasteiger charge is 2.21. The van der Waals surface area contributed by atoms with E-state index in [-0.39, 0.29) is 11.2 Å². The summed E-state index contributed by atoms with van der Waals surface area (Å²) >= 11 is 7.32. The van der Waals surface area contributed by atoms with Gasteiger partial charge < -0.3 is 19.7 Å².